The number of nitrogens with zero attached hydrogens (tertiary/aromatic N) is 1. The quantitative estimate of drug-likeness (QED) is 0.602. The molecular weight excluding hydrogens is 222 g/mol. The predicted molar refractivity (Wildman–Crippen MR) is 65.2 cm³/mol. The van der Waals surface area contributed by atoms with Crippen molar-refractivity contribution in [2.75, 3.05) is 13.2 Å². The molecule has 0 aliphatic carbocycles. The molecule has 1 aromatic heterocycles. The minimum Gasteiger partial charge on any atom is -0.381 e. The van der Waals surface area contributed by atoms with Crippen LogP contribution in [-0.2, 0) is 11.2 Å². The summed E-state index contributed by atoms with van der Waals surface area (Å²) in [5, 5.41) is 3.24. The number of thiazole rings is 1. The zero-order valence-electron chi connectivity index (χ0n) is 9.61. The fourth-order valence-corrected chi connectivity index (χ4v) is 2.76. The molecule has 0 spiro atoms. The van der Waals surface area contributed by atoms with Crippen LogP contribution in [0.2, 0.25) is 0 Å². The lowest BCUT2D eigenvalue weighted by Crippen LogP contribution is -2.38. The van der Waals surface area contributed by atoms with E-state index in [0.29, 0.717) is 12.0 Å². The molecule has 5 heteroatoms. The van der Waals surface area contributed by atoms with Crippen molar-refractivity contribution >= 4 is 11.3 Å². The van der Waals surface area contributed by atoms with Gasteiger partial charge in [0.2, 0.25) is 0 Å². The highest BCUT2D eigenvalue weighted by molar-refractivity contribution is 7.09. The van der Waals surface area contributed by atoms with Crippen LogP contribution < -0.4 is 11.3 Å². The Morgan fingerprint density at radius 2 is 2.62 bits per heavy atom. The zero-order chi connectivity index (χ0) is 11.4. The first-order valence-corrected chi connectivity index (χ1v) is 6.60. The molecule has 16 heavy (non-hydrogen) atoms. The summed E-state index contributed by atoms with van der Waals surface area (Å²) in [5.41, 5.74) is 4.04. The Morgan fingerprint density at radius 3 is 3.19 bits per heavy atom. The molecule has 2 unspecified atom stereocenters. The largest absolute Gasteiger partial charge is 0.381 e. The van der Waals surface area contributed by atoms with E-state index in [1.54, 1.807) is 11.3 Å². The summed E-state index contributed by atoms with van der Waals surface area (Å²) >= 11 is 1.70. The van der Waals surface area contributed by atoms with E-state index in [2.05, 4.69) is 15.8 Å². The van der Waals surface area contributed by atoms with E-state index in [9.17, 15) is 0 Å². The van der Waals surface area contributed by atoms with E-state index in [-0.39, 0.29) is 0 Å². The minimum atomic E-state index is 0.313. The Balaban J connectivity index is 1.84. The van der Waals surface area contributed by atoms with Crippen LogP contribution in [0.5, 0.6) is 0 Å². The molecule has 0 amide bonds. The number of aryl methyl sites for hydroxylation is 1. The fraction of sp³-hybridized carbons (Fsp3) is 0.727. The van der Waals surface area contributed by atoms with Gasteiger partial charge in [-0.25, -0.2) is 4.98 Å². The van der Waals surface area contributed by atoms with Gasteiger partial charge in [-0.3, -0.25) is 11.3 Å². The molecule has 1 aromatic rings. The lowest BCUT2D eigenvalue weighted by atomic mass is 9.97. The number of hydrogen-bond acceptors (Lipinski definition) is 5. The number of nitrogens with two attached hydrogens (primary N) is 1. The maximum Gasteiger partial charge on any atom is 0.0897 e. The van der Waals surface area contributed by atoms with Crippen LogP contribution in [0.25, 0.3) is 0 Å². The smallest absolute Gasteiger partial charge is 0.0897 e. The van der Waals surface area contributed by atoms with Gasteiger partial charge in [-0.2, -0.15) is 0 Å². The Kier molecular flexibility index (Phi) is 4.29. The van der Waals surface area contributed by atoms with Gasteiger partial charge in [0.05, 0.1) is 10.7 Å². The first kappa shape index (κ1) is 12.0. The predicted octanol–water partition coefficient (Wildman–Crippen LogP) is 1.25. The fourth-order valence-electron chi connectivity index (χ4n) is 2.14. The van der Waals surface area contributed by atoms with E-state index in [4.69, 9.17) is 10.6 Å². The van der Waals surface area contributed by atoms with Crippen molar-refractivity contribution in [2.24, 2.45) is 11.8 Å². The molecule has 2 atom stereocenters. The monoisotopic (exact) mass is 241 g/mol. The maximum absolute atomic E-state index is 5.59. The Morgan fingerprint density at radius 1 is 1.75 bits per heavy atom. The first-order chi connectivity index (χ1) is 7.78. The third kappa shape index (κ3) is 3.25. The molecule has 0 bridgehead atoms. The van der Waals surface area contributed by atoms with Crippen molar-refractivity contribution in [3.63, 3.8) is 0 Å². The third-order valence-corrected chi connectivity index (χ3v) is 3.82. The highest BCUT2D eigenvalue weighted by atomic mass is 32.1. The van der Waals surface area contributed by atoms with Gasteiger partial charge in [0.25, 0.3) is 0 Å². The Labute approximate surface area is 100 Å². The molecule has 0 aromatic carbocycles. The Hall–Kier alpha value is -0.490. The summed E-state index contributed by atoms with van der Waals surface area (Å²) in [4.78, 5) is 4.46. The Bertz CT molecular complexity index is 323. The normalized spacial score (nSPS) is 22.5. The summed E-state index contributed by atoms with van der Waals surface area (Å²) in [6.45, 7) is 3.82. The van der Waals surface area contributed by atoms with Gasteiger partial charge in [-0.1, -0.05) is 0 Å². The van der Waals surface area contributed by atoms with Crippen molar-refractivity contribution in [3.8, 4) is 0 Å². The van der Waals surface area contributed by atoms with Crippen LogP contribution in [0.15, 0.2) is 5.38 Å². The minimum absolute atomic E-state index is 0.313. The SMILES string of the molecule is Cc1nc(CC(CC2CCOC2)NN)cs1. The van der Waals surface area contributed by atoms with E-state index >= 15 is 0 Å². The van der Waals surface area contributed by atoms with Crippen LogP contribution in [0.1, 0.15) is 23.5 Å². The maximum atomic E-state index is 5.59. The second-order valence-electron chi connectivity index (χ2n) is 4.39. The molecular formula is C11H19N3OS. The molecule has 1 aliphatic heterocycles. The van der Waals surface area contributed by atoms with Crippen molar-refractivity contribution in [1.29, 1.82) is 0 Å². The summed E-state index contributed by atoms with van der Waals surface area (Å²) in [6.07, 6.45) is 3.15. The third-order valence-electron chi connectivity index (χ3n) is 3.00. The number of hydrazine groups is 1. The van der Waals surface area contributed by atoms with Gasteiger partial charge in [-0.05, 0) is 25.7 Å². The van der Waals surface area contributed by atoms with Crippen molar-refractivity contribution in [3.05, 3.63) is 16.1 Å². The van der Waals surface area contributed by atoms with E-state index in [0.717, 1.165) is 43.2 Å². The first-order valence-electron chi connectivity index (χ1n) is 5.73. The van der Waals surface area contributed by atoms with Crippen molar-refractivity contribution < 1.29 is 4.74 Å². The molecule has 0 saturated carbocycles. The summed E-state index contributed by atoms with van der Waals surface area (Å²) in [5.74, 6) is 6.24. The van der Waals surface area contributed by atoms with Crippen LogP contribution in [0.3, 0.4) is 0 Å². The van der Waals surface area contributed by atoms with Crippen LogP contribution in [-0.4, -0.2) is 24.2 Å². The van der Waals surface area contributed by atoms with Gasteiger partial charge in [0, 0.05) is 31.1 Å². The van der Waals surface area contributed by atoms with Gasteiger partial charge in [0.1, 0.15) is 0 Å². The van der Waals surface area contributed by atoms with Crippen molar-refractivity contribution in [1.82, 2.24) is 10.4 Å². The standard InChI is InChI=1S/C11H19N3OS/c1-8-13-11(7-16-8)5-10(14-12)4-9-2-3-15-6-9/h7,9-10,14H,2-6,12H2,1H3. The molecule has 90 valence electrons. The second kappa shape index (κ2) is 5.72. The number of ether oxygens (including phenoxy) is 1. The number of aromatic nitrogens is 1. The highest BCUT2D eigenvalue weighted by Gasteiger charge is 2.20. The summed E-state index contributed by atoms with van der Waals surface area (Å²) in [7, 11) is 0. The zero-order valence-corrected chi connectivity index (χ0v) is 10.4. The summed E-state index contributed by atoms with van der Waals surface area (Å²) < 4.78 is 5.37. The lowest BCUT2D eigenvalue weighted by Gasteiger charge is -2.17. The van der Waals surface area contributed by atoms with Crippen LogP contribution >= 0.6 is 11.3 Å². The van der Waals surface area contributed by atoms with Crippen LogP contribution in [0.4, 0.5) is 0 Å². The average molecular weight is 241 g/mol. The molecule has 2 heterocycles. The number of hydrogen-bond donors (Lipinski definition) is 2. The molecule has 1 saturated heterocycles. The highest BCUT2D eigenvalue weighted by Crippen LogP contribution is 2.20. The van der Waals surface area contributed by atoms with E-state index < -0.39 is 0 Å². The van der Waals surface area contributed by atoms with Crippen molar-refractivity contribution in [2.45, 2.75) is 32.2 Å². The lowest BCUT2D eigenvalue weighted by molar-refractivity contribution is 0.181. The average Bonchev–Trinajstić information content (AvgIpc) is 2.89. The summed E-state index contributed by atoms with van der Waals surface area (Å²) in [6, 6.07) is 0.313. The van der Waals surface area contributed by atoms with E-state index in [1.807, 2.05) is 6.92 Å². The second-order valence-corrected chi connectivity index (χ2v) is 5.45. The van der Waals surface area contributed by atoms with Gasteiger partial charge >= 0.3 is 0 Å². The number of nitrogens with one attached hydrogen (secondary N) is 1. The number of rotatable bonds is 5. The molecule has 1 fully saturated rings. The topological polar surface area (TPSA) is 60.2 Å². The molecule has 2 rings (SSSR count). The van der Waals surface area contributed by atoms with Crippen LogP contribution in [0, 0.1) is 12.8 Å². The van der Waals surface area contributed by atoms with Gasteiger partial charge in [-0.15, -0.1) is 11.3 Å². The van der Waals surface area contributed by atoms with Gasteiger partial charge < -0.3 is 4.74 Å². The van der Waals surface area contributed by atoms with Gasteiger partial charge in [0.15, 0.2) is 0 Å². The molecule has 1 aliphatic rings. The molecule has 3 N–H and O–H groups in total. The van der Waals surface area contributed by atoms with E-state index in [1.165, 1.54) is 0 Å². The molecule has 4 nitrogen and oxygen atoms in total. The molecule has 0 radical (unpaired) electrons.